The van der Waals surface area contributed by atoms with Gasteiger partial charge in [0, 0.05) is 37.3 Å². The number of rotatable bonds is 6. The maximum absolute atomic E-state index is 14.1. The van der Waals surface area contributed by atoms with E-state index in [9.17, 15) is 21.6 Å². The molecule has 4 rings (SSSR count). The smallest absolute Gasteiger partial charge is 0.264 e. The Hall–Kier alpha value is -2.84. The largest absolute Gasteiger partial charge is 0.299 e. The third kappa shape index (κ3) is 5.23. The molecule has 3 aromatic rings. The van der Waals surface area contributed by atoms with Gasteiger partial charge in [-0.25, -0.2) is 21.6 Å². The second-order valence-electron chi connectivity index (χ2n) is 8.33. The van der Waals surface area contributed by atoms with Gasteiger partial charge in [0.15, 0.2) is 0 Å². The van der Waals surface area contributed by atoms with Gasteiger partial charge in [0.1, 0.15) is 17.5 Å². The molecule has 0 N–H and O–H groups in total. The molecule has 0 saturated carbocycles. The molecule has 33 heavy (non-hydrogen) atoms. The summed E-state index contributed by atoms with van der Waals surface area (Å²) in [5.41, 5.74) is 1.96. The highest BCUT2D eigenvalue weighted by molar-refractivity contribution is 7.92. The summed E-state index contributed by atoms with van der Waals surface area (Å²) in [7, 11) is -3.92. The van der Waals surface area contributed by atoms with Crippen LogP contribution in [0.5, 0.6) is 0 Å². The summed E-state index contributed by atoms with van der Waals surface area (Å²) in [6.07, 6.45) is 1.08. The van der Waals surface area contributed by atoms with Gasteiger partial charge in [-0.15, -0.1) is 0 Å². The maximum atomic E-state index is 14.1. The van der Waals surface area contributed by atoms with Crippen molar-refractivity contribution < 1.29 is 21.6 Å². The quantitative estimate of drug-likeness (QED) is 0.489. The highest BCUT2D eigenvalue weighted by Crippen LogP contribution is 2.31. The van der Waals surface area contributed by atoms with Crippen LogP contribution in [0.3, 0.4) is 0 Å². The predicted octanol–water partition coefficient (Wildman–Crippen LogP) is 5.27. The lowest BCUT2D eigenvalue weighted by Gasteiger charge is -2.39. The Morgan fingerprint density at radius 2 is 1.48 bits per heavy atom. The summed E-state index contributed by atoms with van der Waals surface area (Å²) in [4.78, 5) is 2.06. The number of anilines is 1. The van der Waals surface area contributed by atoms with E-state index < -0.39 is 27.5 Å². The number of benzene rings is 3. The van der Waals surface area contributed by atoms with E-state index in [0.717, 1.165) is 23.8 Å². The lowest BCUT2D eigenvalue weighted by molar-refractivity contribution is 0.204. The molecule has 0 aromatic heterocycles. The summed E-state index contributed by atoms with van der Waals surface area (Å²) in [5, 5.41) is 0. The van der Waals surface area contributed by atoms with Gasteiger partial charge in [-0.3, -0.25) is 9.21 Å². The maximum Gasteiger partial charge on any atom is 0.264 e. The minimum absolute atomic E-state index is 0.0280. The summed E-state index contributed by atoms with van der Waals surface area (Å²) >= 11 is 0. The first-order chi connectivity index (χ1) is 15.7. The van der Waals surface area contributed by atoms with Gasteiger partial charge >= 0.3 is 0 Å². The molecule has 0 aliphatic carbocycles. The highest BCUT2D eigenvalue weighted by atomic mass is 32.2. The van der Waals surface area contributed by atoms with Crippen LogP contribution in [0.2, 0.25) is 0 Å². The van der Waals surface area contributed by atoms with Gasteiger partial charge in [-0.05, 0) is 62.2 Å². The fraction of sp³-hybridized carbons (Fsp3) is 0.280. The van der Waals surface area contributed by atoms with Crippen LogP contribution in [0.4, 0.5) is 18.9 Å². The third-order valence-electron chi connectivity index (χ3n) is 5.96. The second kappa shape index (κ2) is 9.57. The van der Waals surface area contributed by atoms with E-state index in [1.54, 1.807) is 12.1 Å². The van der Waals surface area contributed by atoms with Gasteiger partial charge in [0.2, 0.25) is 0 Å². The predicted molar refractivity (Wildman–Crippen MR) is 122 cm³/mol. The number of halogens is 3. The molecule has 4 nitrogen and oxygen atoms in total. The van der Waals surface area contributed by atoms with Gasteiger partial charge in [-0.1, -0.05) is 23.8 Å². The Morgan fingerprint density at radius 3 is 2.09 bits per heavy atom. The van der Waals surface area contributed by atoms with E-state index >= 15 is 0 Å². The molecule has 0 atom stereocenters. The Balaban J connectivity index is 1.57. The van der Waals surface area contributed by atoms with Crippen molar-refractivity contribution in [2.75, 3.05) is 17.4 Å². The molecule has 1 heterocycles. The molecule has 0 radical (unpaired) electrons. The first-order valence-corrected chi connectivity index (χ1v) is 12.2. The van der Waals surface area contributed by atoms with E-state index in [4.69, 9.17) is 0 Å². The van der Waals surface area contributed by atoms with Crippen molar-refractivity contribution >= 4 is 15.7 Å². The Labute approximate surface area is 192 Å². The lowest BCUT2D eigenvalue weighted by atomic mass is 10.0. The number of nitrogens with zero attached hydrogens (tertiary/aromatic N) is 2. The summed E-state index contributed by atoms with van der Waals surface area (Å²) in [6, 6.07) is 15.3. The number of hydrogen-bond donors (Lipinski definition) is 0. The number of sulfonamides is 1. The number of likely N-dealkylation sites (tertiary alicyclic amines) is 1. The molecule has 8 heteroatoms. The first-order valence-electron chi connectivity index (χ1n) is 10.8. The van der Waals surface area contributed by atoms with E-state index in [2.05, 4.69) is 0 Å². The number of hydrogen-bond acceptors (Lipinski definition) is 3. The third-order valence-corrected chi connectivity index (χ3v) is 7.85. The lowest BCUT2D eigenvalue weighted by Crippen LogP contribution is -2.47. The van der Waals surface area contributed by atoms with Crippen molar-refractivity contribution in [3.05, 3.63) is 95.3 Å². The van der Waals surface area contributed by atoms with E-state index in [0.29, 0.717) is 43.7 Å². The van der Waals surface area contributed by atoms with Crippen molar-refractivity contribution in [3.8, 4) is 0 Å². The average Bonchev–Trinajstić information content (AvgIpc) is 2.78. The van der Waals surface area contributed by atoms with Crippen molar-refractivity contribution in [1.29, 1.82) is 0 Å². The molecule has 1 fully saturated rings. The molecule has 0 amide bonds. The number of aryl methyl sites for hydroxylation is 1. The van der Waals surface area contributed by atoms with Crippen molar-refractivity contribution in [3.63, 3.8) is 0 Å². The molecular formula is C25H25F3N2O2S. The summed E-state index contributed by atoms with van der Waals surface area (Å²) < 4.78 is 69.2. The Morgan fingerprint density at radius 1 is 0.879 bits per heavy atom. The number of piperidine rings is 1. The normalized spacial score (nSPS) is 15.5. The molecule has 0 bridgehead atoms. The average molecular weight is 475 g/mol. The zero-order valence-electron chi connectivity index (χ0n) is 18.2. The first kappa shape index (κ1) is 23.3. The van der Waals surface area contributed by atoms with Crippen molar-refractivity contribution in [2.45, 2.75) is 37.2 Å². The van der Waals surface area contributed by atoms with E-state index in [1.807, 2.05) is 24.0 Å². The van der Waals surface area contributed by atoms with E-state index in [-0.39, 0.29) is 10.9 Å². The molecule has 1 aliphatic heterocycles. The standard InChI is InChI=1S/C25H25F3N2O2S/c1-18-2-8-22(9-3-18)30(33(31,32)24-10-6-20(26)7-11-24)23-12-14-29(15-13-23)17-19-4-5-21(27)16-25(19)28/h2-11,16,23H,12-15,17H2,1H3. The van der Waals surface area contributed by atoms with Crippen LogP contribution in [-0.4, -0.2) is 32.4 Å². The van der Waals surface area contributed by atoms with Crippen LogP contribution in [0.25, 0.3) is 0 Å². The van der Waals surface area contributed by atoms with Crippen LogP contribution >= 0.6 is 0 Å². The topological polar surface area (TPSA) is 40.6 Å². The van der Waals surface area contributed by atoms with Gasteiger partial charge in [-0.2, -0.15) is 0 Å². The molecule has 174 valence electrons. The minimum Gasteiger partial charge on any atom is -0.299 e. The van der Waals surface area contributed by atoms with Crippen molar-refractivity contribution in [2.24, 2.45) is 0 Å². The van der Waals surface area contributed by atoms with Gasteiger partial charge in [0.05, 0.1) is 10.6 Å². The zero-order valence-corrected chi connectivity index (χ0v) is 19.0. The van der Waals surface area contributed by atoms with Crippen LogP contribution in [0, 0.1) is 24.4 Å². The minimum atomic E-state index is -3.92. The van der Waals surface area contributed by atoms with Gasteiger partial charge in [0.25, 0.3) is 10.0 Å². The summed E-state index contributed by atoms with van der Waals surface area (Å²) in [6.45, 7) is 3.37. The van der Waals surface area contributed by atoms with Crippen LogP contribution < -0.4 is 4.31 Å². The highest BCUT2D eigenvalue weighted by Gasteiger charge is 2.34. The second-order valence-corrected chi connectivity index (χ2v) is 10.1. The SMILES string of the molecule is Cc1ccc(N(C2CCN(Cc3ccc(F)cc3F)CC2)S(=O)(=O)c2ccc(F)cc2)cc1. The van der Waals surface area contributed by atoms with Crippen molar-refractivity contribution in [1.82, 2.24) is 4.90 Å². The molecular weight excluding hydrogens is 449 g/mol. The monoisotopic (exact) mass is 474 g/mol. The zero-order chi connectivity index (χ0) is 23.6. The Bertz CT molecular complexity index is 1210. The summed E-state index contributed by atoms with van der Waals surface area (Å²) in [5.74, 6) is -1.70. The molecule has 1 saturated heterocycles. The fourth-order valence-electron chi connectivity index (χ4n) is 4.16. The van der Waals surface area contributed by atoms with Crippen LogP contribution in [-0.2, 0) is 16.6 Å². The fourth-order valence-corrected chi connectivity index (χ4v) is 5.87. The molecule has 1 aliphatic rings. The Kier molecular flexibility index (Phi) is 6.76. The molecule has 0 spiro atoms. The van der Waals surface area contributed by atoms with Gasteiger partial charge < -0.3 is 0 Å². The molecule has 0 unspecified atom stereocenters. The van der Waals surface area contributed by atoms with Crippen LogP contribution in [0.15, 0.2) is 71.6 Å². The molecule has 3 aromatic carbocycles. The van der Waals surface area contributed by atoms with E-state index in [1.165, 1.54) is 28.6 Å². The van der Waals surface area contributed by atoms with Crippen LogP contribution in [0.1, 0.15) is 24.0 Å².